The van der Waals surface area contributed by atoms with Crippen molar-refractivity contribution in [2.45, 2.75) is 116 Å². The summed E-state index contributed by atoms with van der Waals surface area (Å²) in [7, 11) is 0. The summed E-state index contributed by atoms with van der Waals surface area (Å²) in [6.07, 6.45) is 17.4. The Hall–Kier alpha value is -0.570. The summed E-state index contributed by atoms with van der Waals surface area (Å²) in [5.41, 5.74) is 0. The van der Waals surface area contributed by atoms with E-state index >= 15 is 0 Å². The fourth-order valence-electron chi connectivity index (χ4n) is 4.04. The minimum atomic E-state index is 0.126. The van der Waals surface area contributed by atoms with E-state index in [0.717, 1.165) is 19.0 Å². The Morgan fingerprint density at radius 1 is 1.00 bits per heavy atom. The number of hydrogen-bond acceptors (Lipinski definition) is 2. The van der Waals surface area contributed by atoms with Crippen LogP contribution in [0.1, 0.15) is 104 Å². The van der Waals surface area contributed by atoms with Crippen molar-refractivity contribution in [3.05, 3.63) is 0 Å². The Morgan fingerprint density at radius 2 is 1.58 bits per heavy atom. The van der Waals surface area contributed by atoms with Gasteiger partial charge in [-0.2, -0.15) is 0 Å². The van der Waals surface area contributed by atoms with Crippen LogP contribution in [-0.2, 0) is 4.79 Å². The maximum Gasteiger partial charge on any atom is 0.217 e. The van der Waals surface area contributed by atoms with E-state index in [9.17, 15) is 4.79 Å². The lowest BCUT2D eigenvalue weighted by Crippen LogP contribution is -2.50. The second-order valence-electron chi connectivity index (χ2n) is 7.74. The minimum absolute atomic E-state index is 0.126. The van der Waals surface area contributed by atoms with Gasteiger partial charge in [0.15, 0.2) is 0 Å². The molecule has 1 unspecified atom stereocenters. The average molecular weight is 339 g/mol. The van der Waals surface area contributed by atoms with Crippen LogP contribution >= 0.6 is 0 Å². The van der Waals surface area contributed by atoms with Crippen molar-refractivity contribution >= 4 is 5.91 Å². The lowest BCUT2D eigenvalue weighted by molar-refractivity contribution is -0.120. The van der Waals surface area contributed by atoms with Gasteiger partial charge in [-0.05, 0) is 32.2 Å². The van der Waals surface area contributed by atoms with Crippen LogP contribution < -0.4 is 5.32 Å². The first-order valence-electron chi connectivity index (χ1n) is 10.7. The molecule has 0 aromatic heterocycles. The fraction of sp³-hybridized carbons (Fsp3) is 0.952. The molecule has 1 saturated heterocycles. The highest BCUT2D eigenvalue weighted by Crippen LogP contribution is 2.22. The Morgan fingerprint density at radius 3 is 2.17 bits per heavy atom. The molecule has 0 aliphatic carbocycles. The van der Waals surface area contributed by atoms with Gasteiger partial charge in [-0.15, -0.1) is 0 Å². The normalized spacial score (nSPS) is 20.0. The number of piperidine rings is 1. The summed E-state index contributed by atoms with van der Waals surface area (Å²) < 4.78 is 0. The number of carbonyl (C=O) groups is 1. The highest BCUT2D eigenvalue weighted by Gasteiger charge is 2.25. The number of amides is 1. The van der Waals surface area contributed by atoms with Gasteiger partial charge in [0.05, 0.1) is 0 Å². The number of nitrogens with one attached hydrogen (secondary N) is 1. The summed E-state index contributed by atoms with van der Waals surface area (Å²) in [4.78, 5) is 14.1. The molecule has 24 heavy (non-hydrogen) atoms. The van der Waals surface area contributed by atoms with Crippen molar-refractivity contribution in [3.8, 4) is 0 Å². The molecule has 0 spiro atoms. The van der Waals surface area contributed by atoms with Crippen LogP contribution in [0.15, 0.2) is 0 Å². The van der Waals surface area contributed by atoms with Gasteiger partial charge in [0.2, 0.25) is 5.91 Å². The van der Waals surface area contributed by atoms with Crippen LogP contribution in [0.2, 0.25) is 0 Å². The van der Waals surface area contributed by atoms with Crippen molar-refractivity contribution in [2.75, 3.05) is 13.1 Å². The predicted molar refractivity (Wildman–Crippen MR) is 104 cm³/mol. The first kappa shape index (κ1) is 21.5. The van der Waals surface area contributed by atoms with E-state index in [0.29, 0.717) is 6.04 Å². The number of nitrogens with zero attached hydrogens (tertiary/aromatic N) is 1. The van der Waals surface area contributed by atoms with E-state index in [2.05, 4.69) is 24.1 Å². The molecular weight excluding hydrogens is 296 g/mol. The molecule has 0 aromatic carbocycles. The molecule has 2 atom stereocenters. The van der Waals surface area contributed by atoms with E-state index in [1.54, 1.807) is 6.92 Å². The number of carbonyl (C=O) groups excluding carboxylic acids is 1. The second-order valence-corrected chi connectivity index (χ2v) is 7.74. The highest BCUT2D eigenvalue weighted by molar-refractivity contribution is 5.73. The molecule has 1 aliphatic rings. The third-order valence-corrected chi connectivity index (χ3v) is 5.41. The molecule has 1 rings (SSSR count). The van der Waals surface area contributed by atoms with E-state index in [1.807, 2.05) is 0 Å². The summed E-state index contributed by atoms with van der Waals surface area (Å²) >= 11 is 0. The van der Waals surface area contributed by atoms with E-state index in [4.69, 9.17) is 0 Å². The standard InChI is InChI=1S/C21H42N2O/c1-4-6-8-10-12-16-21(15-11-9-7-5-2)23-17-13-14-20(18-23)22-19(3)24/h20-21H,4-18H2,1-3H3,(H,22,24)/t20-,21?/m1/s1. The maximum atomic E-state index is 11.4. The smallest absolute Gasteiger partial charge is 0.217 e. The van der Waals surface area contributed by atoms with Gasteiger partial charge in [0.1, 0.15) is 0 Å². The van der Waals surface area contributed by atoms with Gasteiger partial charge in [0, 0.05) is 25.6 Å². The van der Waals surface area contributed by atoms with Gasteiger partial charge in [-0.3, -0.25) is 9.69 Å². The Bertz CT molecular complexity index is 319. The molecule has 3 heteroatoms. The van der Waals surface area contributed by atoms with Crippen molar-refractivity contribution in [2.24, 2.45) is 0 Å². The van der Waals surface area contributed by atoms with Crippen LogP contribution in [0.5, 0.6) is 0 Å². The molecule has 1 amide bonds. The summed E-state index contributed by atoms with van der Waals surface area (Å²) in [5.74, 6) is 0.126. The second kappa shape index (κ2) is 13.7. The molecule has 0 saturated carbocycles. The zero-order valence-corrected chi connectivity index (χ0v) is 16.6. The lowest BCUT2D eigenvalue weighted by atomic mass is 9.96. The van der Waals surface area contributed by atoms with E-state index in [-0.39, 0.29) is 5.91 Å². The van der Waals surface area contributed by atoms with Crippen LogP contribution in [0, 0.1) is 0 Å². The van der Waals surface area contributed by atoms with Crippen molar-refractivity contribution in [3.63, 3.8) is 0 Å². The molecule has 0 aromatic rings. The lowest BCUT2D eigenvalue weighted by Gasteiger charge is -2.39. The maximum absolute atomic E-state index is 11.4. The SMILES string of the molecule is CCCCCCCC(CCCCCC)N1CCC[C@@H](NC(C)=O)C1. The Kier molecular flexibility index (Phi) is 12.2. The zero-order chi connectivity index (χ0) is 17.6. The van der Waals surface area contributed by atoms with Gasteiger partial charge in [0.25, 0.3) is 0 Å². The van der Waals surface area contributed by atoms with Gasteiger partial charge >= 0.3 is 0 Å². The van der Waals surface area contributed by atoms with Crippen LogP contribution in [0.4, 0.5) is 0 Å². The topological polar surface area (TPSA) is 32.3 Å². The molecule has 1 N–H and O–H groups in total. The molecular formula is C21H42N2O. The van der Waals surface area contributed by atoms with Gasteiger partial charge in [-0.1, -0.05) is 71.6 Å². The third-order valence-electron chi connectivity index (χ3n) is 5.41. The quantitative estimate of drug-likeness (QED) is 0.463. The molecule has 0 bridgehead atoms. The number of rotatable bonds is 13. The number of likely N-dealkylation sites (tertiary alicyclic amines) is 1. The van der Waals surface area contributed by atoms with Gasteiger partial charge < -0.3 is 5.32 Å². The third kappa shape index (κ3) is 9.66. The summed E-state index contributed by atoms with van der Waals surface area (Å²) in [6, 6.07) is 1.11. The van der Waals surface area contributed by atoms with E-state index < -0.39 is 0 Å². The van der Waals surface area contributed by atoms with Gasteiger partial charge in [-0.25, -0.2) is 0 Å². The first-order chi connectivity index (χ1) is 11.7. The zero-order valence-electron chi connectivity index (χ0n) is 16.6. The largest absolute Gasteiger partial charge is 0.352 e. The number of hydrogen-bond donors (Lipinski definition) is 1. The van der Waals surface area contributed by atoms with Crippen molar-refractivity contribution in [1.29, 1.82) is 0 Å². The molecule has 1 fully saturated rings. The minimum Gasteiger partial charge on any atom is -0.352 e. The molecule has 3 nitrogen and oxygen atoms in total. The monoisotopic (exact) mass is 338 g/mol. The summed E-state index contributed by atoms with van der Waals surface area (Å²) in [5, 5.41) is 3.15. The average Bonchev–Trinajstić information content (AvgIpc) is 2.56. The summed E-state index contributed by atoms with van der Waals surface area (Å²) in [6.45, 7) is 8.51. The van der Waals surface area contributed by atoms with Crippen LogP contribution in [0.25, 0.3) is 0 Å². The van der Waals surface area contributed by atoms with Crippen LogP contribution in [0.3, 0.4) is 0 Å². The van der Waals surface area contributed by atoms with Crippen LogP contribution in [-0.4, -0.2) is 36.0 Å². The van der Waals surface area contributed by atoms with E-state index in [1.165, 1.54) is 83.6 Å². The molecule has 1 heterocycles. The predicted octanol–water partition coefficient (Wildman–Crippen LogP) is 5.29. The number of unbranched alkanes of at least 4 members (excludes halogenated alkanes) is 7. The highest BCUT2D eigenvalue weighted by atomic mass is 16.1. The molecule has 1 aliphatic heterocycles. The first-order valence-corrected chi connectivity index (χ1v) is 10.7. The Balaban J connectivity index is 2.43. The fourth-order valence-corrected chi connectivity index (χ4v) is 4.04. The molecule has 0 radical (unpaired) electrons. The molecule has 142 valence electrons. The van der Waals surface area contributed by atoms with Crippen molar-refractivity contribution < 1.29 is 4.79 Å². The van der Waals surface area contributed by atoms with Crippen molar-refractivity contribution in [1.82, 2.24) is 10.2 Å². The Labute approximate surface area is 151 Å².